The van der Waals surface area contributed by atoms with Gasteiger partial charge in [-0.15, -0.1) is 0 Å². The summed E-state index contributed by atoms with van der Waals surface area (Å²) in [6, 6.07) is 18.2. The predicted molar refractivity (Wildman–Crippen MR) is 85.3 cm³/mol. The Morgan fingerprint density at radius 3 is 2.75 bits per heavy atom. The lowest BCUT2D eigenvalue weighted by Gasteiger charge is -2.09. The standard InChI is InChI=1S/C17H15ClN2/c1-12-6-9-17(15(18)10-12)19-11-14-8-7-13-4-2-3-5-16(13)20-14/h2-10,19H,11H2,1H3. The summed E-state index contributed by atoms with van der Waals surface area (Å²) in [5.74, 6) is 0. The van der Waals surface area contributed by atoms with Crippen molar-refractivity contribution in [2.24, 2.45) is 0 Å². The predicted octanol–water partition coefficient (Wildman–Crippen LogP) is 4.81. The van der Waals surface area contributed by atoms with Crippen molar-refractivity contribution in [3.05, 3.63) is 70.9 Å². The molecule has 1 N–H and O–H groups in total. The van der Waals surface area contributed by atoms with Gasteiger partial charge in [-0.1, -0.05) is 41.9 Å². The SMILES string of the molecule is Cc1ccc(NCc2ccc3ccccc3n2)c(Cl)c1. The minimum Gasteiger partial charge on any atom is -0.378 e. The van der Waals surface area contributed by atoms with Crippen LogP contribution in [0.1, 0.15) is 11.3 Å². The zero-order valence-corrected chi connectivity index (χ0v) is 12.0. The van der Waals surface area contributed by atoms with E-state index < -0.39 is 0 Å². The van der Waals surface area contributed by atoms with Gasteiger partial charge in [-0.05, 0) is 36.8 Å². The molecule has 20 heavy (non-hydrogen) atoms. The zero-order valence-electron chi connectivity index (χ0n) is 11.2. The monoisotopic (exact) mass is 282 g/mol. The van der Waals surface area contributed by atoms with Crippen molar-refractivity contribution >= 4 is 28.2 Å². The lowest BCUT2D eigenvalue weighted by atomic mass is 10.2. The summed E-state index contributed by atoms with van der Waals surface area (Å²) < 4.78 is 0. The fourth-order valence-electron chi connectivity index (χ4n) is 2.16. The van der Waals surface area contributed by atoms with Gasteiger partial charge in [0.15, 0.2) is 0 Å². The molecule has 0 bridgehead atoms. The summed E-state index contributed by atoms with van der Waals surface area (Å²) in [6.07, 6.45) is 0. The van der Waals surface area contributed by atoms with E-state index in [1.54, 1.807) is 0 Å². The first kappa shape index (κ1) is 12.9. The summed E-state index contributed by atoms with van der Waals surface area (Å²) in [7, 11) is 0. The highest BCUT2D eigenvalue weighted by Gasteiger charge is 2.02. The first-order valence-corrected chi connectivity index (χ1v) is 6.95. The molecular weight excluding hydrogens is 268 g/mol. The van der Waals surface area contributed by atoms with Crippen LogP contribution in [0.5, 0.6) is 0 Å². The summed E-state index contributed by atoms with van der Waals surface area (Å²) in [4.78, 5) is 4.63. The maximum atomic E-state index is 6.21. The number of rotatable bonds is 3. The number of benzene rings is 2. The van der Waals surface area contributed by atoms with Crippen LogP contribution < -0.4 is 5.32 Å². The molecule has 0 saturated heterocycles. The third-order valence-corrected chi connectivity index (χ3v) is 3.55. The van der Waals surface area contributed by atoms with Crippen molar-refractivity contribution in [2.75, 3.05) is 5.32 Å². The largest absolute Gasteiger partial charge is 0.378 e. The molecular formula is C17H15ClN2. The highest BCUT2D eigenvalue weighted by atomic mass is 35.5. The summed E-state index contributed by atoms with van der Waals surface area (Å²) >= 11 is 6.21. The Bertz CT molecular complexity index is 753. The fourth-order valence-corrected chi connectivity index (χ4v) is 2.46. The quantitative estimate of drug-likeness (QED) is 0.746. The average molecular weight is 283 g/mol. The molecule has 2 nitrogen and oxygen atoms in total. The number of fused-ring (bicyclic) bond motifs is 1. The molecule has 1 aromatic heterocycles. The Kier molecular flexibility index (Phi) is 3.57. The van der Waals surface area contributed by atoms with Gasteiger partial charge in [0.1, 0.15) is 0 Å². The maximum absolute atomic E-state index is 6.21. The van der Waals surface area contributed by atoms with E-state index in [1.165, 1.54) is 0 Å². The lowest BCUT2D eigenvalue weighted by molar-refractivity contribution is 1.07. The van der Waals surface area contributed by atoms with E-state index >= 15 is 0 Å². The van der Waals surface area contributed by atoms with Crippen LogP contribution in [0.3, 0.4) is 0 Å². The Hall–Kier alpha value is -2.06. The topological polar surface area (TPSA) is 24.9 Å². The van der Waals surface area contributed by atoms with Crippen molar-refractivity contribution in [1.82, 2.24) is 4.98 Å². The van der Waals surface area contributed by atoms with Gasteiger partial charge >= 0.3 is 0 Å². The third kappa shape index (κ3) is 2.75. The average Bonchev–Trinajstić information content (AvgIpc) is 2.46. The number of anilines is 1. The van der Waals surface area contributed by atoms with E-state index in [2.05, 4.69) is 22.4 Å². The third-order valence-electron chi connectivity index (χ3n) is 3.24. The Balaban J connectivity index is 1.79. The molecule has 0 unspecified atom stereocenters. The van der Waals surface area contributed by atoms with Crippen LogP contribution in [0.25, 0.3) is 10.9 Å². The van der Waals surface area contributed by atoms with Gasteiger partial charge < -0.3 is 5.32 Å². The number of hydrogen-bond donors (Lipinski definition) is 1. The van der Waals surface area contributed by atoms with E-state index in [0.717, 1.165) is 32.9 Å². The number of para-hydroxylation sites is 1. The first-order valence-electron chi connectivity index (χ1n) is 6.57. The van der Waals surface area contributed by atoms with Crippen LogP contribution in [0, 0.1) is 6.92 Å². The number of aryl methyl sites for hydroxylation is 1. The normalized spacial score (nSPS) is 10.7. The molecule has 0 aliphatic carbocycles. The number of nitrogens with zero attached hydrogens (tertiary/aromatic N) is 1. The molecule has 0 spiro atoms. The Labute approximate surface area is 123 Å². The van der Waals surface area contributed by atoms with Gasteiger partial charge in [0.25, 0.3) is 0 Å². The zero-order chi connectivity index (χ0) is 13.9. The van der Waals surface area contributed by atoms with Crippen LogP contribution in [0.15, 0.2) is 54.6 Å². The van der Waals surface area contributed by atoms with Gasteiger partial charge in [-0.2, -0.15) is 0 Å². The lowest BCUT2D eigenvalue weighted by Crippen LogP contribution is -2.02. The number of aromatic nitrogens is 1. The number of nitrogens with one attached hydrogen (secondary N) is 1. The first-order chi connectivity index (χ1) is 9.72. The second-order valence-corrected chi connectivity index (χ2v) is 5.24. The molecule has 1 heterocycles. The van der Waals surface area contributed by atoms with E-state index in [-0.39, 0.29) is 0 Å². The minimum atomic E-state index is 0.660. The van der Waals surface area contributed by atoms with Crippen LogP contribution in [-0.4, -0.2) is 4.98 Å². The molecule has 0 amide bonds. The molecule has 2 aromatic carbocycles. The second kappa shape index (κ2) is 5.51. The van der Waals surface area contributed by atoms with Gasteiger partial charge in [0.2, 0.25) is 0 Å². The summed E-state index contributed by atoms with van der Waals surface area (Å²) in [6.45, 7) is 2.69. The van der Waals surface area contributed by atoms with E-state index in [9.17, 15) is 0 Å². The van der Waals surface area contributed by atoms with Crippen molar-refractivity contribution < 1.29 is 0 Å². The fraction of sp³-hybridized carbons (Fsp3) is 0.118. The minimum absolute atomic E-state index is 0.660. The van der Waals surface area contributed by atoms with Crippen molar-refractivity contribution in [2.45, 2.75) is 13.5 Å². The van der Waals surface area contributed by atoms with Crippen LogP contribution in [0.2, 0.25) is 5.02 Å². The van der Waals surface area contributed by atoms with E-state index in [1.807, 2.05) is 49.4 Å². The van der Waals surface area contributed by atoms with E-state index in [4.69, 9.17) is 11.6 Å². The highest BCUT2D eigenvalue weighted by Crippen LogP contribution is 2.23. The number of pyridine rings is 1. The highest BCUT2D eigenvalue weighted by molar-refractivity contribution is 6.33. The van der Waals surface area contributed by atoms with Gasteiger partial charge in [0, 0.05) is 5.39 Å². The van der Waals surface area contributed by atoms with Crippen molar-refractivity contribution in [1.29, 1.82) is 0 Å². The molecule has 0 aliphatic heterocycles. The Morgan fingerprint density at radius 1 is 1.05 bits per heavy atom. The molecule has 0 fully saturated rings. The van der Waals surface area contributed by atoms with Crippen LogP contribution >= 0.6 is 11.6 Å². The molecule has 0 atom stereocenters. The number of hydrogen-bond acceptors (Lipinski definition) is 2. The molecule has 0 aliphatic rings. The van der Waals surface area contributed by atoms with Crippen LogP contribution in [-0.2, 0) is 6.54 Å². The number of halogens is 1. The summed E-state index contributed by atoms with van der Waals surface area (Å²) in [5, 5.41) is 5.23. The van der Waals surface area contributed by atoms with Crippen LogP contribution in [0.4, 0.5) is 5.69 Å². The maximum Gasteiger partial charge on any atom is 0.0706 e. The molecule has 3 aromatic rings. The smallest absolute Gasteiger partial charge is 0.0706 e. The van der Waals surface area contributed by atoms with Gasteiger partial charge in [-0.3, -0.25) is 4.98 Å². The molecule has 0 radical (unpaired) electrons. The molecule has 0 saturated carbocycles. The Morgan fingerprint density at radius 2 is 1.90 bits per heavy atom. The molecule has 3 heteroatoms. The van der Waals surface area contributed by atoms with Crippen molar-refractivity contribution in [3.63, 3.8) is 0 Å². The van der Waals surface area contributed by atoms with Gasteiger partial charge in [0.05, 0.1) is 28.5 Å². The van der Waals surface area contributed by atoms with E-state index in [0.29, 0.717) is 6.54 Å². The van der Waals surface area contributed by atoms with Gasteiger partial charge in [-0.25, -0.2) is 0 Å². The second-order valence-electron chi connectivity index (χ2n) is 4.83. The molecule has 100 valence electrons. The van der Waals surface area contributed by atoms with Crippen molar-refractivity contribution in [3.8, 4) is 0 Å². The summed E-state index contributed by atoms with van der Waals surface area (Å²) in [5.41, 5.74) is 4.11. The molecule has 3 rings (SSSR count).